The monoisotopic (exact) mass is 329 g/mol. The SMILES string of the molecule is Cc1ccc(C=CC(=O)Nc2ccc(C)cc2Br)cc1. The molecule has 0 aliphatic heterocycles. The van der Waals surface area contributed by atoms with Crippen LogP contribution in [0.15, 0.2) is 53.0 Å². The summed E-state index contributed by atoms with van der Waals surface area (Å²) in [5, 5.41) is 2.85. The van der Waals surface area contributed by atoms with Gasteiger partial charge in [0, 0.05) is 10.5 Å². The van der Waals surface area contributed by atoms with Gasteiger partial charge in [-0.1, -0.05) is 35.9 Å². The first-order valence-electron chi connectivity index (χ1n) is 6.36. The van der Waals surface area contributed by atoms with Gasteiger partial charge >= 0.3 is 0 Å². The van der Waals surface area contributed by atoms with Crippen molar-refractivity contribution in [3.63, 3.8) is 0 Å². The van der Waals surface area contributed by atoms with Gasteiger partial charge in [-0.05, 0) is 59.1 Å². The van der Waals surface area contributed by atoms with Crippen LogP contribution in [0.4, 0.5) is 5.69 Å². The fourth-order valence-corrected chi connectivity index (χ4v) is 2.34. The Kier molecular flexibility index (Phi) is 4.74. The molecule has 0 heterocycles. The third-order valence-electron chi connectivity index (χ3n) is 2.89. The van der Waals surface area contributed by atoms with Crippen molar-refractivity contribution in [2.75, 3.05) is 5.32 Å². The van der Waals surface area contributed by atoms with E-state index in [9.17, 15) is 4.79 Å². The van der Waals surface area contributed by atoms with Crippen LogP contribution in [0, 0.1) is 13.8 Å². The van der Waals surface area contributed by atoms with Crippen molar-refractivity contribution in [1.29, 1.82) is 0 Å². The standard InChI is InChI=1S/C17H16BrNO/c1-12-3-6-14(7-4-12)8-10-17(20)19-16-9-5-13(2)11-15(16)18/h3-11H,1-2H3,(H,19,20). The Morgan fingerprint density at radius 1 is 1.05 bits per heavy atom. The zero-order valence-electron chi connectivity index (χ0n) is 11.5. The molecule has 1 amide bonds. The zero-order valence-corrected chi connectivity index (χ0v) is 13.1. The highest BCUT2D eigenvalue weighted by Gasteiger charge is 2.02. The number of halogens is 1. The maximum Gasteiger partial charge on any atom is 0.248 e. The molecule has 2 nitrogen and oxygen atoms in total. The number of hydrogen-bond acceptors (Lipinski definition) is 1. The molecule has 2 aromatic carbocycles. The van der Waals surface area contributed by atoms with E-state index in [1.165, 1.54) is 11.6 Å². The van der Waals surface area contributed by atoms with Crippen molar-refractivity contribution in [2.45, 2.75) is 13.8 Å². The van der Waals surface area contributed by atoms with Crippen molar-refractivity contribution in [3.8, 4) is 0 Å². The van der Waals surface area contributed by atoms with Gasteiger partial charge in [-0.25, -0.2) is 0 Å². The summed E-state index contributed by atoms with van der Waals surface area (Å²) in [5.41, 5.74) is 4.13. The van der Waals surface area contributed by atoms with Crippen LogP contribution < -0.4 is 5.32 Å². The minimum absolute atomic E-state index is 0.143. The topological polar surface area (TPSA) is 29.1 Å². The van der Waals surface area contributed by atoms with Gasteiger partial charge in [0.15, 0.2) is 0 Å². The van der Waals surface area contributed by atoms with Gasteiger partial charge in [0.2, 0.25) is 5.91 Å². The second-order valence-electron chi connectivity index (χ2n) is 4.72. The van der Waals surface area contributed by atoms with E-state index in [1.54, 1.807) is 6.08 Å². The number of anilines is 1. The Labute approximate surface area is 127 Å². The number of amides is 1. The van der Waals surface area contributed by atoms with Gasteiger partial charge in [0.25, 0.3) is 0 Å². The lowest BCUT2D eigenvalue weighted by molar-refractivity contribution is -0.111. The molecule has 0 aliphatic rings. The van der Waals surface area contributed by atoms with E-state index in [1.807, 2.05) is 56.3 Å². The molecule has 0 aromatic heterocycles. The Bertz CT molecular complexity index is 645. The number of carbonyl (C=O) groups excluding carboxylic acids is 1. The van der Waals surface area contributed by atoms with Gasteiger partial charge < -0.3 is 5.32 Å². The summed E-state index contributed by atoms with van der Waals surface area (Å²) in [4.78, 5) is 11.9. The smallest absolute Gasteiger partial charge is 0.248 e. The lowest BCUT2D eigenvalue weighted by atomic mass is 10.1. The highest BCUT2D eigenvalue weighted by molar-refractivity contribution is 9.10. The molecule has 0 fully saturated rings. The van der Waals surface area contributed by atoms with Crippen LogP contribution >= 0.6 is 15.9 Å². The number of nitrogens with one attached hydrogen (secondary N) is 1. The first-order valence-corrected chi connectivity index (χ1v) is 7.16. The van der Waals surface area contributed by atoms with Crippen molar-refractivity contribution in [2.24, 2.45) is 0 Å². The summed E-state index contributed by atoms with van der Waals surface area (Å²) >= 11 is 3.44. The molecular weight excluding hydrogens is 314 g/mol. The number of aryl methyl sites for hydroxylation is 2. The highest BCUT2D eigenvalue weighted by atomic mass is 79.9. The third kappa shape index (κ3) is 4.07. The normalized spacial score (nSPS) is 10.8. The predicted octanol–water partition coefficient (Wildman–Crippen LogP) is 4.72. The van der Waals surface area contributed by atoms with Gasteiger partial charge in [0.05, 0.1) is 5.69 Å². The fraction of sp³-hybridized carbons (Fsp3) is 0.118. The second-order valence-corrected chi connectivity index (χ2v) is 5.57. The predicted molar refractivity (Wildman–Crippen MR) is 87.7 cm³/mol. The first-order chi connectivity index (χ1) is 9.54. The maximum absolute atomic E-state index is 11.9. The maximum atomic E-state index is 11.9. The van der Waals surface area contributed by atoms with Crippen LogP contribution in [-0.4, -0.2) is 5.91 Å². The number of rotatable bonds is 3. The molecule has 0 saturated heterocycles. The Morgan fingerprint density at radius 2 is 1.70 bits per heavy atom. The van der Waals surface area contributed by atoms with Gasteiger partial charge in [-0.3, -0.25) is 4.79 Å². The molecule has 2 rings (SSSR count). The molecule has 0 radical (unpaired) electrons. The van der Waals surface area contributed by atoms with E-state index in [0.29, 0.717) is 0 Å². The van der Waals surface area contributed by atoms with Crippen molar-refractivity contribution >= 4 is 33.6 Å². The molecule has 1 N–H and O–H groups in total. The van der Waals surface area contributed by atoms with Crippen molar-refractivity contribution in [3.05, 3.63) is 69.7 Å². The van der Waals surface area contributed by atoms with E-state index >= 15 is 0 Å². The molecule has 102 valence electrons. The summed E-state index contributed by atoms with van der Waals surface area (Å²) in [6, 6.07) is 13.8. The van der Waals surface area contributed by atoms with Crippen LogP contribution in [0.2, 0.25) is 0 Å². The van der Waals surface area contributed by atoms with Gasteiger partial charge in [-0.2, -0.15) is 0 Å². The molecular formula is C17H16BrNO. The molecule has 20 heavy (non-hydrogen) atoms. The van der Waals surface area contributed by atoms with E-state index < -0.39 is 0 Å². The zero-order chi connectivity index (χ0) is 14.5. The summed E-state index contributed by atoms with van der Waals surface area (Å²) in [6.07, 6.45) is 3.34. The van der Waals surface area contributed by atoms with Crippen LogP contribution in [0.3, 0.4) is 0 Å². The number of hydrogen-bond donors (Lipinski definition) is 1. The molecule has 3 heteroatoms. The van der Waals surface area contributed by atoms with Crippen LogP contribution in [0.25, 0.3) is 6.08 Å². The van der Waals surface area contributed by atoms with Crippen LogP contribution in [-0.2, 0) is 4.79 Å². The summed E-state index contributed by atoms with van der Waals surface area (Å²) in [6.45, 7) is 4.04. The fourth-order valence-electron chi connectivity index (χ4n) is 1.75. The third-order valence-corrected chi connectivity index (χ3v) is 3.54. The van der Waals surface area contributed by atoms with Crippen molar-refractivity contribution < 1.29 is 4.79 Å². The summed E-state index contributed by atoms with van der Waals surface area (Å²) in [7, 11) is 0. The van der Waals surface area contributed by atoms with E-state index in [-0.39, 0.29) is 5.91 Å². The van der Waals surface area contributed by atoms with Crippen LogP contribution in [0.1, 0.15) is 16.7 Å². The molecule has 0 atom stereocenters. The lowest BCUT2D eigenvalue weighted by Crippen LogP contribution is -2.08. The van der Waals surface area contributed by atoms with E-state index in [4.69, 9.17) is 0 Å². The minimum atomic E-state index is -0.143. The van der Waals surface area contributed by atoms with Gasteiger partial charge in [-0.15, -0.1) is 0 Å². The molecule has 0 bridgehead atoms. The quantitative estimate of drug-likeness (QED) is 0.811. The summed E-state index contributed by atoms with van der Waals surface area (Å²) in [5.74, 6) is -0.143. The van der Waals surface area contributed by atoms with Gasteiger partial charge in [0.1, 0.15) is 0 Å². The Morgan fingerprint density at radius 3 is 2.35 bits per heavy atom. The Balaban J connectivity index is 2.03. The average Bonchev–Trinajstić information content (AvgIpc) is 2.41. The number of benzene rings is 2. The highest BCUT2D eigenvalue weighted by Crippen LogP contribution is 2.23. The lowest BCUT2D eigenvalue weighted by Gasteiger charge is -2.05. The Hall–Kier alpha value is -1.87. The van der Waals surface area contributed by atoms with E-state index in [2.05, 4.69) is 21.2 Å². The molecule has 0 unspecified atom stereocenters. The van der Waals surface area contributed by atoms with Crippen molar-refractivity contribution in [1.82, 2.24) is 0 Å². The van der Waals surface area contributed by atoms with Crippen LogP contribution in [0.5, 0.6) is 0 Å². The number of carbonyl (C=O) groups is 1. The molecule has 0 saturated carbocycles. The summed E-state index contributed by atoms with van der Waals surface area (Å²) < 4.78 is 0.884. The average molecular weight is 330 g/mol. The molecule has 0 aliphatic carbocycles. The molecule has 2 aromatic rings. The largest absolute Gasteiger partial charge is 0.321 e. The first kappa shape index (κ1) is 14.5. The minimum Gasteiger partial charge on any atom is -0.321 e. The second kappa shape index (κ2) is 6.53. The molecule has 0 spiro atoms. The van der Waals surface area contributed by atoms with E-state index in [0.717, 1.165) is 21.3 Å².